The molecule has 2 amide bonds. The van der Waals surface area contributed by atoms with Crippen molar-refractivity contribution < 1.29 is 14.7 Å². The molecule has 1 fully saturated rings. The molecular weight excluding hydrogens is 398 g/mol. The van der Waals surface area contributed by atoms with Gasteiger partial charge in [0, 0.05) is 63.1 Å². The number of piperazine rings is 1. The van der Waals surface area contributed by atoms with Crippen molar-refractivity contribution >= 4 is 12.0 Å². The third-order valence-electron chi connectivity index (χ3n) is 5.30. The Morgan fingerprint density at radius 1 is 0.871 bits per heavy atom. The summed E-state index contributed by atoms with van der Waals surface area (Å²) in [7, 11) is 0. The van der Waals surface area contributed by atoms with Gasteiger partial charge in [-0.1, -0.05) is 12.1 Å². The van der Waals surface area contributed by atoms with E-state index in [4.69, 9.17) is 5.11 Å². The second-order valence-electron chi connectivity index (χ2n) is 7.48. The molecule has 0 aliphatic carbocycles. The SMILES string of the molecule is O=C(O)N1CCN(C(=O)c2ccc(CN(Cc3ncc[nH]3)Cc3ncc[nH]3)cc2)CC1. The second-order valence-corrected chi connectivity index (χ2v) is 7.48. The molecule has 4 rings (SSSR count). The van der Waals surface area contributed by atoms with Crippen LogP contribution in [0.2, 0.25) is 0 Å². The van der Waals surface area contributed by atoms with Gasteiger partial charge in [0.15, 0.2) is 0 Å². The van der Waals surface area contributed by atoms with Crippen molar-refractivity contribution in [2.45, 2.75) is 19.6 Å². The molecule has 1 aliphatic rings. The monoisotopic (exact) mass is 423 g/mol. The lowest BCUT2D eigenvalue weighted by Crippen LogP contribution is -2.50. The summed E-state index contributed by atoms with van der Waals surface area (Å²) in [4.78, 5) is 43.9. The maximum atomic E-state index is 12.8. The number of nitrogens with zero attached hydrogens (tertiary/aromatic N) is 5. The van der Waals surface area contributed by atoms with Gasteiger partial charge < -0.3 is 24.9 Å². The molecule has 0 radical (unpaired) electrons. The summed E-state index contributed by atoms with van der Waals surface area (Å²) in [5.74, 6) is 1.68. The van der Waals surface area contributed by atoms with E-state index in [2.05, 4.69) is 24.8 Å². The number of H-pyrrole nitrogens is 2. The van der Waals surface area contributed by atoms with Gasteiger partial charge in [0.1, 0.15) is 11.6 Å². The first-order valence-corrected chi connectivity index (χ1v) is 10.1. The Morgan fingerprint density at radius 2 is 1.42 bits per heavy atom. The Bertz CT molecular complexity index is 942. The third-order valence-corrected chi connectivity index (χ3v) is 5.30. The Balaban J connectivity index is 1.39. The highest BCUT2D eigenvalue weighted by Gasteiger charge is 2.24. The van der Waals surface area contributed by atoms with Crippen LogP contribution in [0.4, 0.5) is 4.79 Å². The standard InChI is InChI=1S/C21H25N7O3/c29-20(27-9-11-28(12-10-27)21(30)31)17-3-1-16(2-4-17)13-26(14-18-22-5-6-23-18)15-19-24-7-8-25-19/h1-8H,9-15H2,(H,22,23)(H,24,25)(H,30,31). The van der Waals surface area contributed by atoms with Crippen LogP contribution in [0.15, 0.2) is 49.1 Å². The molecule has 0 saturated carbocycles. The summed E-state index contributed by atoms with van der Waals surface area (Å²) in [6.45, 7) is 3.46. The molecular formula is C21H25N7O3. The van der Waals surface area contributed by atoms with E-state index in [1.165, 1.54) is 4.90 Å². The van der Waals surface area contributed by atoms with Gasteiger partial charge in [-0.15, -0.1) is 0 Å². The van der Waals surface area contributed by atoms with Crippen molar-refractivity contribution in [1.82, 2.24) is 34.6 Å². The zero-order valence-corrected chi connectivity index (χ0v) is 17.1. The van der Waals surface area contributed by atoms with Crippen LogP contribution in [0.3, 0.4) is 0 Å². The topological polar surface area (TPSA) is 121 Å². The zero-order valence-electron chi connectivity index (χ0n) is 17.1. The fourth-order valence-electron chi connectivity index (χ4n) is 3.65. The second kappa shape index (κ2) is 9.43. The molecule has 2 aromatic heterocycles. The van der Waals surface area contributed by atoms with Crippen LogP contribution in [0, 0.1) is 0 Å². The highest BCUT2D eigenvalue weighted by Crippen LogP contribution is 2.14. The van der Waals surface area contributed by atoms with E-state index in [1.54, 1.807) is 29.7 Å². The molecule has 3 N–H and O–H groups in total. The number of aromatic nitrogens is 4. The number of benzene rings is 1. The Hall–Kier alpha value is -3.66. The largest absolute Gasteiger partial charge is 0.465 e. The number of hydrogen-bond donors (Lipinski definition) is 3. The van der Waals surface area contributed by atoms with Crippen LogP contribution in [0.5, 0.6) is 0 Å². The summed E-state index contributed by atoms with van der Waals surface area (Å²) < 4.78 is 0. The van der Waals surface area contributed by atoms with E-state index in [0.29, 0.717) is 51.4 Å². The van der Waals surface area contributed by atoms with Gasteiger partial charge in [0.25, 0.3) is 5.91 Å². The van der Waals surface area contributed by atoms with Crippen LogP contribution >= 0.6 is 0 Å². The minimum Gasteiger partial charge on any atom is -0.465 e. The van der Waals surface area contributed by atoms with Crippen molar-refractivity contribution in [3.63, 3.8) is 0 Å². The van der Waals surface area contributed by atoms with E-state index in [9.17, 15) is 9.59 Å². The number of rotatable bonds is 7. The fraction of sp³-hybridized carbons (Fsp3) is 0.333. The molecule has 0 atom stereocenters. The smallest absolute Gasteiger partial charge is 0.407 e. The number of imidazole rings is 2. The predicted molar refractivity (Wildman–Crippen MR) is 112 cm³/mol. The highest BCUT2D eigenvalue weighted by atomic mass is 16.4. The number of carboxylic acid groups (broad SMARTS) is 1. The van der Waals surface area contributed by atoms with Crippen molar-refractivity contribution in [1.29, 1.82) is 0 Å². The zero-order chi connectivity index (χ0) is 21.6. The molecule has 31 heavy (non-hydrogen) atoms. The summed E-state index contributed by atoms with van der Waals surface area (Å²) in [6.07, 6.45) is 6.13. The number of nitrogens with one attached hydrogen (secondary N) is 2. The van der Waals surface area contributed by atoms with Crippen molar-refractivity contribution in [3.05, 3.63) is 71.8 Å². The van der Waals surface area contributed by atoms with Crippen LogP contribution in [0.25, 0.3) is 0 Å². The minimum absolute atomic E-state index is 0.0698. The van der Waals surface area contributed by atoms with Crippen LogP contribution in [0.1, 0.15) is 27.6 Å². The highest BCUT2D eigenvalue weighted by molar-refractivity contribution is 5.94. The van der Waals surface area contributed by atoms with Gasteiger partial charge in [0.2, 0.25) is 0 Å². The summed E-state index contributed by atoms with van der Waals surface area (Å²) in [5.41, 5.74) is 1.68. The Labute approximate surface area is 179 Å². The molecule has 3 heterocycles. The van der Waals surface area contributed by atoms with Crippen LogP contribution in [-0.2, 0) is 19.6 Å². The van der Waals surface area contributed by atoms with Gasteiger partial charge >= 0.3 is 6.09 Å². The van der Waals surface area contributed by atoms with E-state index < -0.39 is 6.09 Å². The molecule has 10 heteroatoms. The summed E-state index contributed by atoms with van der Waals surface area (Å²) in [6, 6.07) is 7.58. The number of hydrogen-bond acceptors (Lipinski definition) is 5. The van der Waals surface area contributed by atoms with Gasteiger partial charge in [-0.25, -0.2) is 14.8 Å². The molecule has 1 saturated heterocycles. The molecule has 0 bridgehead atoms. The van der Waals surface area contributed by atoms with Gasteiger partial charge in [0.05, 0.1) is 13.1 Å². The average Bonchev–Trinajstić information content (AvgIpc) is 3.48. The lowest BCUT2D eigenvalue weighted by Gasteiger charge is -2.33. The van der Waals surface area contributed by atoms with Crippen molar-refractivity contribution in [3.8, 4) is 0 Å². The van der Waals surface area contributed by atoms with Crippen molar-refractivity contribution in [2.75, 3.05) is 26.2 Å². The van der Waals surface area contributed by atoms with Crippen molar-refractivity contribution in [2.24, 2.45) is 0 Å². The summed E-state index contributed by atoms with van der Waals surface area (Å²) in [5, 5.41) is 9.05. The van der Waals surface area contributed by atoms with E-state index in [-0.39, 0.29) is 5.91 Å². The van der Waals surface area contributed by atoms with Gasteiger partial charge in [-0.3, -0.25) is 9.69 Å². The predicted octanol–water partition coefficient (Wildman–Crippen LogP) is 1.77. The first-order valence-electron chi connectivity index (χ1n) is 10.1. The number of carbonyl (C=O) groups is 2. The number of aromatic amines is 2. The molecule has 0 unspecified atom stereocenters. The van der Waals surface area contributed by atoms with E-state index in [1.807, 2.05) is 24.3 Å². The van der Waals surface area contributed by atoms with Crippen LogP contribution in [-0.4, -0.2) is 77.9 Å². The fourth-order valence-corrected chi connectivity index (χ4v) is 3.65. The molecule has 162 valence electrons. The summed E-state index contributed by atoms with van der Waals surface area (Å²) >= 11 is 0. The molecule has 1 aromatic carbocycles. The lowest BCUT2D eigenvalue weighted by molar-refractivity contribution is 0.0625. The lowest BCUT2D eigenvalue weighted by atomic mass is 10.1. The molecule has 1 aliphatic heterocycles. The number of carbonyl (C=O) groups excluding carboxylic acids is 1. The Morgan fingerprint density at radius 3 is 1.90 bits per heavy atom. The van der Waals surface area contributed by atoms with Gasteiger partial charge in [-0.2, -0.15) is 0 Å². The maximum absolute atomic E-state index is 12.8. The van der Waals surface area contributed by atoms with Crippen LogP contribution < -0.4 is 0 Å². The maximum Gasteiger partial charge on any atom is 0.407 e. The normalized spacial score (nSPS) is 14.2. The number of amides is 2. The quantitative estimate of drug-likeness (QED) is 0.533. The Kier molecular flexibility index (Phi) is 6.27. The van der Waals surface area contributed by atoms with E-state index >= 15 is 0 Å². The van der Waals surface area contributed by atoms with E-state index in [0.717, 1.165) is 17.2 Å². The molecule has 0 spiro atoms. The first-order chi connectivity index (χ1) is 15.1. The molecule has 10 nitrogen and oxygen atoms in total. The minimum atomic E-state index is -0.940. The van der Waals surface area contributed by atoms with Gasteiger partial charge in [-0.05, 0) is 17.7 Å². The first kappa shape index (κ1) is 20.6. The molecule has 3 aromatic rings. The average molecular weight is 423 g/mol. The third kappa shape index (κ3) is 5.28.